The molecule has 0 fully saturated rings. The van der Waals surface area contributed by atoms with Crippen molar-refractivity contribution in [2.45, 2.75) is 6.92 Å². The van der Waals surface area contributed by atoms with E-state index in [-0.39, 0.29) is 12.3 Å². The van der Waals surface area contributed by atoms with Crippen LogP contribution in [0, 0.1) is 18.3 Å². The number of nitrogens with zero attached hydrogens (tertiary/aromatic N) is 2. The number of cyclic esters (lactones) is 1. The Labute approximate surface area is 151 Å². The molecular weight excluding hydrogens is 332 g/mol. The maximum atomic E-state index is 12.1. The summed E-state index contributed by atoms with van der Waals surface area (Å²) in [6, 6.07) is 14.6. The average molecular weight is 348 g/mol. The van der Waals surface area contributed by atoms with Gasteiger partial charge in [-0.3, -0.25) is 0 Å². The third-order valence-electron chi connectivity index (χ3n) is 3.78. The van der Waals surface area contributed by atoms with Gasteiger partial charge in [0.1, 0.15) is 6.07 Å². The number of rotatable bonds is 5. The highest BCUT2D eigenvalue weighted by molar-refractivity contribution is 6.13. The Balaban J connectivity index is 1.91. The Kier molecular flexibility index (Phi) is 4.99. The van der Waals surface area contributed by atoms with E-state index in [0.717, 1.165) is 11.1 Å². The molecule has 6 nitrogen and oxygen atoms in total. The summed E-state index contributed by atoms with van der Waals surface area (Å²) in [7, 11) is 1.50. The first-order valence-electron chi connectivity index (χ1n) is 7.88. The molecule has 130 valence electrons. The van der Waals surface area contributed by atoms with Crippen molar-refractivity contribution in [3.8, 4) is 17.6 Å². The second-order valence-electron chi connectivity index (χ2n) is 5.51. The molecule has 0 atom stereocenters. The quantitative estimate of drug-likeness (QED) is 0.612. The first-order chi connectivity index (χ1) is 12.6. The lowest BCUT2D eigenvalue weighted by Gasteiger charge is -2.08. The van der Waals surface area contributed by atoms with Crippen molar-refractivity contribution in [1.29, 1.82) is 5.26 Å². The summed E-state index contributed by atoms with van der Waals surface area (Å²) in [5.74, 6) is 0.700. The second kappa shape index (κ2) is 7.53. The maximum Gasteiger partial charge on any atom is 0.363 e. The Hall–Kier alpha value is -3.59. The Morgan fingerprint density at radius 3 is 2.77 bits per heavy atom. The Bertz CT molecular complexity index is 955. The van der Waals surface area contributed by atoms with Gasteiger partial charge in [-0.15, -0.1) is 0 Å². The van der Waals surface area contributed by atoms with Crippen molar-refractivity contribution in [1.82, 2.24) is 0 Å². The van der Waals surface area contributed by atoms with Crippen molar-refractivity contribution in [2.24, 2.45) is 4.99 Å². The lowest BCUT2D eigenvalue weighted by molar-refractivity contribution is -0.129. The highest BCUT2D eigenvalue weighted by atomic mass is 16.6. The third-order valence-corrected chi connectivity index (χ3v) is 3.78. The summed E-state index contributed by atoms with van der Waals surface area (Å²) < 4.78 is 15.8. The molecule has 0 bridgehead atoms. The molecule has 0 spiro atoms. The van der Waals surface area contributed by atoms with Crippen LogP contribution in [0.15, 0.2) is 53.2 Å². The van der Waals surface area contributed by atoms with Crippen molar-refractivity contribution in [3.05, 3.63) is 64.9 Å². The van der Waals surface area contributed by atoms with Crippen LogP contribution in [0.5, 0.6) is 11.5 Å². The Morgan fingerprint density at radius 2 is 2.04 bits per heavy atom. The number of aryl methyl sites for hydroxylation is 1. The molecule has 0 aromatic heterocycles. The van der Waals surface area contributed by atoms with Gasteiger partial charge in [0.2, 0.25) is 5.90 Å². The van der Waals surface area contributed by atoms with E-state index < -0.39 is 5.97 Å². The minimum atomic E-state index is -0.507. The van der Waals surface area contributed by atoms with Crippen LogP contribution in [0.3, 0.4) is 0 Å². The molecular formula is C20H16N2O4. The molecule has 0 amide bonds. The molecule has 1 aliphatic rings. The number of carbonyl (C=O) groups excluding carboxylic acids is 1. The fourth-order valence-electron chi connectivity index (χ4n) is 2.50. The van der Waals surface area contributed by atoms with Crippen LogP contribution in [-0.4, -0.2) is 25.6 Å². The molecule has 26 heavy (non-hydrogen) atoms. The number of hydrogen-bond acceptors (Lipinski definition) is 6. The van der Waals surface area contributed by atoms with E-state index >= 15 is 0 Å². The molecule has 0 N–H and O–H groups in total. The van der Waals surface area contributed by atoms with E-state index in [4.69, 9.17) is 19.5 Å². The largest absolute Gasteiger partial charge is 0.493 e. The van der Waals surface area contributed by atoms with Gasteiger partial charge in [-0.2, -0.15) is 5.26 Å². The van der Waals surface area contributed by atoms with Gasteiger partial charge in [-0.05, 0) is 42.3 Å². The van der Waals surface area contributed by atoms with Crippen LogP contribution in [0.2, 0.25) is 0 Å². The SMILES string of the molecule is COc1cc(/C=C2\N=C(c3ccccc3C)OC2=O)ccc1OCC#N. The predicted molar refractivity (Wildman–Crippen MR) is 95.9 cm³/mol. The van der Waals surface area contributed by atoms with Gasteiger partial charge in [0.05, 0.1) is 7.11 Å². The zero-order chi connectivity index (χ0) is 18.5. The van der Waals surface area contributed by atoms with E-state index in [1.54, 1.807) is 24.3 Å². The molecule has 1 aliphatic heterocycles. The van der Waals surface area contributed by atoms with Crippen LogP contribution in [0.4, 0.5) is 0 Å². The topological polar surface area (TPSA) is 80.9 Å². The maximum absolute atomic E-state index is 12.1. The molecule has 6 heteroatoms. The summed E-state index contributed by atoms with van der Waals surface area (Å²) in [4.78, 5) is 16.5. The average Bonchev–Trinajstić information content (AvgIpc) is 3.01. The minimum Gasteiger partial charge on any atom is -0.493 e. The Morgan fingerprint density at radius 1 is 1.23 bits per heavy atom. The van der Waals surface area contributed by atoms with E-state index in [1.807, 2.05) is 37.3 Å². The molecule has 0 radical (unpaired) electrons. The molecule has 0 aliphatic carbocycles. The molecule has 0 unspecified atom stereocenters. The van der Waals surface area contributed by atoms with Gasteiger partial charge >= 0.3 is 5.97 Å². The standard InChI is InChI=1S/C20H16N2O4/c1-13-5-3-4-6-15(13)19-22-16(20(23)26-19)11-14-7-8-17(25-10-9-21)18(12-14)24-2/h3-8,11-12H,10H2,1-2H3/b16-11-. The minimum absolute atomic E-state index is 0.0762. The van der Waals surface area contributed by atoms with Crippen molar-refractivity contribution >= 4 is 17.9 Å². The zero-order valence-corrected chi connectivity index (χ0v) is 14.4. The van der Waals surface area contributed by atoms with Gasteiger partial charge in [0.15, 0.2) is 23.8 Å². The zero-order valence-electron chi connectivity index (χ0n) is 14.4. The summed E-state index contributed by atoms with van der Waals surface area (Å²) in [5, 5.41) is 8.61. The highest BCUT2D eigenvalue weighted by Crippen LogP contribution is 2.29. The van der Waals surface area contributed by atoms with Gasteiger partial charge in [-0.25, -0.2) is 9.79 Å². The monoisotopic (exact) mass is 348 g/mol. The van der Waals surface area contributed by atoms with Crippen LogP contribution in [-0.2, 0) is 9.53 Å². The van der Waals surface area contributed by atoms with E-state index in [9.17, 15) is 4.79 Å². The van der Waals surface area contributed by atoms with Gasteiger partial charge in [-0.1, -0.05) is 24.3 Å². The lowest BCUT2D eigenvalue weighted by atomic mass is 10.1. The molecule has 0 saturated carbocycles. The van der Waals surface area contributed by atoms with Crippen molar-refractivity contribution in [2.75, 3.05) is 13.7 Å². The van der Waals surface area contributed by atoms with E-state index in [1.165, 1.54) is 7.11 Å². The summed E-state index contributed by atoms with van der Waals surface area (Å²) in [6.07, 6.45) is 1.62. The van der Waals surface area contributed by atoms with Crippen LogP contribution < -0.4 is 9.47 Å². The number of esters is 1. The number of aliphatic imine (C=N–C) groups is 1. The number of carbonyl (C=O) groups is 1. The normalized spacial score (nSPS) is 14.6. The predicted octanol–water partition coefficient (Wildman–Crippen LogP) is 3.25. The first kappa shape index (κ1) is 17.2. The molecule has 2 aromatic carbocycles. The molecule has 3 rings (SSSR count). The number of hydrogen-bond donors (Lipinski definition) is 0. The second-order valence-corrected chi connectivity index (χ2v) is 5.51. The number of ether oxygens (including phenoxy) is 3. The van der Waals surface area contributed by atoms with Crippen LogP contribution in [0.25, 0.3) is 6.08 Å². The van der Waals surface area contributed by atoms with Gasteiger partial charge in [0.25, 0.3) is 0 Å². The van der Waals surface area contributed by atoms with Gasteiger partial charge < -0.3 is 14.2 Å². The number of benzene rings is 2. The fourth-order valence-corrected chi connectivity index (χ4v) is 2.50. The molecule has 0 saturated heterocycles. The summed E-state index contributed by atoms with van der Waals surface area (Å²) in [6.45, 7) is 1.85. The highest BCUT2D eigenvalue weighted by Gasteiger charge is 2.25. The van der Waals surface area contributed by atoms with Crippen molar-refractivity contribution < 1.29 is 19.0 Å². The lowest BCUT2D eigenvalue weighted by Crippen LogP contribution is -2.06. The molecule has 1 heterocycles. The fraction of sp³-hybridized carbons (Fsp3) is 0.150. The number of methoxy groups -OCH3 is 1. The molecule has 2 aromatic rings. The van der Waals surface area contributed by atoms with Crippen molar-refractivity contribution in [3.63, 3.8) is 0 Å². The van der Waals surface area contributed by atoms with E-state index in [0.29, 0.717) is 23.0 Å². The van der Waals surface area contributed by atoms with Crippen LogP contribution >= 0.6 is 0 Å². The summed E-state index contributed by atoms with van der Waals surface area (Å²) in [5.41, 5.74) is 2.66. The smallest absolute Gasteiger partial charge is 0.363 e. The van der Waals surface area contributed by atoms with Gasteiger partial charge in [0, 0.05) is 5.56 Å². The van der Waals surface area contributed by atoms with E-state index in [2.05, 4.69) is 4.99 Å². The third kappa shape index (κ3) is 3.57. The number of nitriles is 1. The summed E-state index contributed by atoms with van der Waals surface area (Å²) >= 11 is 0. The van der Waals surface area contributed by atoms with Crippen LogP contribution in [0.1, 0.15) is 16.7 Å². The first-order valence-corrected chi connectivity index (χ1v) is 7.88.